The minimum atomic E-state index is -3.12. The monoisotopic (exact) mass is 519 g/mol. The molecule has 0 fully saturated rings. The van der Waals surface area contributed by atoms with Crippen LogP contribution in [0.25, 0.3) is 0 Å². The van der Waals surface area contributed by atoms with Gasteiger partial charge in [0.25, 0.3) is 11.8 Å². The van der Waals surface area contributed by atoms with Crippen molar-refractivity contribution in [1.29, 1.82) is 0 Å². The highest BCUT2D eigenvalue weighted by Crippen LogP contribution is 2.38. The van der Waals surface area contributed by atoms with E-state index in [-0.39, 0.29) is 10.9 Å². The highest BCUT2D eigenvalue weighted by Gasteiger charge is 2.33. The maximum Gasteiger partial charge on any atom is 0.287 e. The van der Waals surface area contributed by atoms with E-state index in [0.29, 0.717) is 16.4 Å². The number of aromatic nitrogens is 1. The average molecular weight is 520 g/mol. The van der Waals surface area contributed by atoms with Gasteiger partial charge in [0, 0.05) is 28.7 Å². The Morgan fingerprint density at radius 3 is 2.29 bits per heavy atom. The largest absolute Gasteiger partial charge is 0.325 e. The third kappa shape index (κ3) is 6.64. The minimum Gasteiger partial charge on any atom is -0.325 e. The number of benzene rings is 2. The third-order valence-electron chi connectivity index (χ3n) is 5.43. The first-order valence-corrected chi connectivity index (χ1v) is 12.2. The van der Waals surface area contributed by atoms with Crippen molar-refractivity contribution in [2.24, 2.45) is 5.41 Å². The summed E-state index contributed by atoms with van der Waals surface area (Å²) < 4.78 is 27.0. The molecule has 2 aromatic carbocycles. The van der Waals surface area contributed by atoms with Crippen molar-refractivity contribution >= 4 is 46.1 Å². The van der Waals surface area contributed by atoms with Gasteiger partial charge in [-0.3, -0.25) is 9.59 Å². The standard InChI is InChI=1S/C26H28ClF2N3O2S/c1-14-9-16(11-17(27)10-14)21(25(3,4)5)22(33)30-18-8-7-15(2)19(12-18)31-23(34)24-32-20(13-35-24)26(6,28)29/h7-13,21H,1-6H3,(H,30,33)(H,31,34). The number of thiazole rings is 1. The van der Waals surface area contributed by atoms with Crippen LogP contribution in [0.15, 0.2) is 41.8 Å². The lowest BCUT2D eigenvalue weighted by Gasteiger charge is -2.30. The molecule has 2 N–H and O–H groups in total. The predicted octanol–water partition coefficient (Wildman–Crippen LogP) is 7.55. The number of nitrogens with one attached hydrogen (secondary N) is 2. The second-order valence-electron chi connectivity index (χ2n) is 9.76. The molecule has 0 aliphatic rings. The molecule has 0 bridgehead atoms. The van der Waals surface area contributed by atoms with E-state index in [4.69, 9.17) is 11.6 Å². The van der Waals surface area contributed by atoms with E-state index >= 15 is 0 Å². The summed E-state index contributed by atoms with van der Waals surface area (Å²) in [6.07, 6.45) is 0. The van der Waals surface area contributed by atoms with E-state index in [2.05, 4.69) is 15.6 Å². The number of amides is 2. The van der Waals surface area contributed by atoms with E-state index in [9.17, 15) is 18.4 Å². The second-order valence-corrected chi connectivity index (χ2v) is 11.1. The van der Waals surface area contributed by atoms with E-state index in [1.807, 2.05) is 39.8 Å². The van der Waals surface area contributed by atoms with Crippen LogP contribution in [0.3, 0.4) is 0 Å². The third-order valence-corrected chi connectivity index (χ3v) is 6.49. The van der Waals surface area contributed by atoms with Crippen molar-refractivity contribution in [1.82, 2.24) is 4.98 Å². The first kappa shape index (κ1) is 26.8. The molecule has 1 heterocycles. The SMILES string of the molecule is Cc1cc(Cl)cc(C(C(=O)Nc2ccc(C)c(NC(=O)c3nc(C(C)(F)F)cs3)c2)C(C)(C)C)c1. The van der Waals surface area contributed by atoms with Gasteiger partial charge in [0.05, 0.1) is 5.92 Å². The van der Waals surface area contributed by atoms with Crippen molar-refractivity contribution < 1.29 is 18.4 Å². The summed E-state index contributed by atoms with van der Waals surface area (Å²) in [5, 5.41) is 7.31. The zero-order valence-electron chi connectivity index (χ0n) is 20.4. The number of nitrogens with zero attached hydrogens (tertiary/aromatic N) is 1. The summed E-state index contributed by atoms with van der Waals surface area (Å²) >= 11 is 7.10. The zero-order valence-corrected chi connectivity index (χ0v) is 22.0. The van der Waals surface area contributed by atoms with Gasteiger partial charge in [-0.25, -0.2) is 4.98 Å². The van der Waals surface area contributed by atoms with Gasteiger partial charge in [0.2, 0.25) is 5.91 Å². The zero-order chi connectivity index (χ0) is 26.1. The van der Waals surface area contributed by atoms with Gasteiger partial charge in [-0.1, -0.05) is 44.5 Å². The lowest BCUT2D eigenvalue weighted by atomic mass is 9.75. The molecule has 1 aromatic heterocycles. The molecule has 0 radical (unpaired) electrons. The molecule has 5 nitrogen and oxygen atoms in total. The molecule has 186 valence electrons. The smallest absolute Gasteiger partial charge is 0.287 e. The van der Waals surface area contributed by atoms with Crippen LogP contribution in [-0.2, 0) is 10.7 Å². The number of anilines is 2. The molecule has 2 amide bonds. The van der Waals surface area contributed by atoms with Gasteiger partial charge in [-0.2, -0.15) is 8.78 Å². The van der Waals surface area contributed by atoms with Gasteiger partial charge >= 0.3 is 0 Å². The van der Waals surface area contributed by atoms with E-state index < -0.39 is 28.9 Å². The molecule has 0 aliphatic heterocycles. The Morgan fingerprint density at radius 2 is 1.71 bits per heavy atom. The normalized spacial score (nSPS) is 12.8. The number of aryl methyl sites for hydroxylation is 2. The van der Waals surface area contributed by atoms with Crippen molar-refractivity contribution in [3.8, 4) is 0 Å². The minimum absolute atomic E-state index is 0.0699. The van der Waals surface area contributed by atoms with E-state index in [0.717, 1.165) is 35.0 Å². The molecule has 0 saturated heterocycles. The van der Waals surface area contributed by atoms with Gasteiger partial charge in [-0.05, 0) is 60.2 Å². The summed E-state index contributed by atoms with van der Waals surface area (Å²) in [7, 11) is 0. The summed E-state index contributed by atoms with van der Waals surface area (Å²) in [5.74, 6) is -4.42. The highest BCUT2D eigenvalue weighted by molar-refractivity contribution is 7.11. The van der Waals surface area contributed by atoms with Crippen molar-refractivity contribution in [3.05, 3.63) is 74.2 Å². The molecule has 0 spiro atoms. The molecule has 9 heteroatoms. The second kappa shape index (κ2) is 10.0. The fraction of sp³-hybridized carbons (Fsp3) is 0.346. The van der Waals surface area contributed by atoms with Crippen molar-refractivity contribution in [3.63, 3.8) is 0 Å². The predicted molar refractivity (Wildman–Crippen MR) is 138 cm³/mol. The number of alkyl halides is 2. The summed E-state index contributed by atoms with van der Waals surface area (Å²) in [5.41, 5.74) is 2.60. The summed E-state index contributed by atoms with van der Waals surface area (Å²) in [6, 6.07) is 10.7. The van der Waals surface area contributed by atoms with Gasteiger partial charge < -0.3 is 10.6 Å². The van der Waals surface area contributed by atoms with Gasteiger partial charge in [0.1, 0.15) is 5.69 Å². The Bertz CT molecular complexity index is 1240. The molecule has 35 heavy (non-hydrogen) atoms. The molecular formula is C26H28ClF2N3O2S. The maximum atomic E-state index is 13.5. The number of hydrogen-bond acceptors (Lipinski definition) is 4. The molecule has 0 saturated carbocycles. The maximum absolute atomic E-state index is 13.5. The van der Waals surface area contributed by atoms with Crippen molar-refractivity contribution in [2.45, 2.75) is 53.4 Å². The van der Waals surface area contributed by atoms with Crippen LogP contribution in [0, 0.1) is 19.3 Å². The van der Waals surface area contributed by atoms with Gasteiger partial charge in [0.15, 0.2) is 5.01 Å². The van der Waals surface area contributed by atoms with Crippen LogP contribution >= 0.6 is 22.9 Å². The molecule has 1 unspecified atom stereocenters. The first-order valence-electron chi connectivity index (χ1n) is 11.0. The van der Waals surface area contributed by atoms with Crippen LogP contribution in [0.1, 0.15) is 65.8 Å². The summed E-state index contributed by atoms with van der Waals surface area (Å²) in [4.78, 5) is 29.8. The average Bonchev–Trinajstić information content (AvgIpc) is 3.19. The number of halogens is 3. The Balaban J connectivity index is 1.84. The Labute approximate surface area is 212 Å². The fourth-order valence-corrected chi connectivity index (χ4v) is 4.87. The van der Waals surface area contributed by atoms with E-state index in [1.54, 1.807) is 31.2 Å². The quantitative estimate of drug-likeness (QED) is 0.353. The molecule has 1 atom stereocenters. The topological polar surface area (TPSA) is 71.1 Å². The molecule has 3 aromatic rings. The Morgan fingerprint density at radius 1 is 1.03 bits per heavy atom. The summed E-state index contributed by atoms with van der Waals surface area (Å²) in [6.45, 7) is 10.4. The van der Waals surface area contributed by atoms with E-state index in [1.165, 1.54) is 5.38 Å². The lowest BCUT2D eigenvalue weighted by molar-refractivity contribution is -0.119. The van der Waals surface area contributed by atoms with Crippen molar-refractivity contribution in [2.75, 3.05) is 10.6 Å². The highest BCUT2D eigenvalue weighted by atomic mass is 35.5. The first-order chi connectivity index (χ1) is 16.1. The van der Waals surface area contributed by atoms with Crippen LogP contribution in [0.5, 0.6) is 0 Å². The van der Waals surface area contributed by atoms with Crippen LogP contribution < -0.4 is 10.6 Å². The van der Waals surface area contributed by atoms with Crippen LogP contribution in [-0.4, -0.2) is 16.8 Å². The molecular weight excluding hydrogens is 492 g/mol. The molecule has 3 rings (SSSR count). The Hall–Kier alpha value is -2.84. The number of carbonyl (C=O) groups is 2. The van der Waals surface area contributed by atoms with Crippen LogP contribution in [0.4, 0.5) is 20.2 Å². The van der Waals surface area contributed by atoms with Crippen LogP contribution in [0.2, 0.25) is 5.02 Å². The lowest BCUT2D eigenvalue weighted by Crippen LogP contribution is -2.31. The number of carbonyl (C=O) groups excluding carboxylic acids is 2. The fourth-order valence-electron chi connectivity index (χ4n) is 3.78. The number of hydrogen-bond donors (Lipinski definition) is 2. The molecule has 0 aliphatic carbocycles. The number of rotatable bonds is 6. The Kier molecular flexibility index (Phi) is 7.67. The van der Waals surface area contributed by atoms with Gasteiger partial charge in [-0.15, -0.1) is 11.3 Å².